The highest BCUT2D eigenvalue weighted by Gasteiger charge is 2.11. The molecule has 0 aliphatic heterocycles. The van der Waals surface area contributed by atoms with Crippen molar-refractivity contribution in [2.75, 3.05) is 5.32 Å². The van der Waals surface area contributed by atoms with Crippen LogP contribution in [0.4, 0.5) is 5.69 Å². The molecule has 6 heteroatoms. The highest BCUT2D eigenvalue weighted by molar-refractivity contribution is 9.10. The van der Waals surface area contributed by atoms with Gasteiger partial charge in [0.25, 0.3) is 5.91 Å². The number of hydrogen-bond donors (Lipinski definition) is 1. The number of halogens is 3. The highest BCUT2D eigenvalue weighted by atomic mass is 79.9. The van der Waals surface area contributed by atoms with E-state index in [1.807, 2.05) is 6.07 Å². The van der Waals surface area contributed by atoms with Crippen molar-refractivity contribution in [3.8, 4) is 6.07 Å². The molecule has 0 fully saturated rings. The maximum atomic E-state index is 12.2. The molecule has 0 saturated heterocycles. The number of benzene rings is 2. The molecule has 0 radical (unpaired) electrons. The van der Waals surface area contributed by atoms with E-state index >= 15 is 0 Å². The summed E-state index contributed by atoms with van der Waals surface area (Å²) in [5.74, 6) is -0.526. The van der Waals surface area contributed by atoms with Crippen LogP contribution in [0.25, 0.3) is 6.08 Å². The maximum absolute atomic E-state index is 12.2. The monoisotopic (exact) mass is 394 g/mol. The molecule has 0 heterocycles. The lowest BCUT2D eigenvalue weighted by molar-refractivity contribution is -0.112. The van der Waals surface area contributed by atoms with Crippen molar-refractivity contribution in [2.45, 2.75) is 0 Å². The van der Waals surface area contributed by atoms with Crippen LogP contribution in [0.3, 0.4) is 0 Å². The van der Waals surface area contributed by atoms with Crippen molar-refractivity contribution in [3.05, 3.63) is 68.1 Å². The summed E-state index contributed by atoms with van der Waals surface area (Å²) < 4.78 is 0.799. The molecule has 1 N–H and O–H groups in total. The second-order valence-corrected chi connectivity index (χ2v) is 6.06. The summed E-state index contributed by atoms with van der Waals surface area (Å²) in [6.45, 7) is 0. The lowest BCUT2D eigenvalue weighted by Gasteiger charge is -2.07. The van der Waals surface area contributed by atoms with E-state index < -0.39 is 5.91 Å². The molecule has 0 atom stereocenters. The van der Waals surface area contributed by atoms with Gasteiger partial charge in [0, 0.05) is 9.50 Å². The molecular weight excluding hydrogens is 387 g/mol. The SMILES string of the molecule is N#C/C(=C\c1ccc(Cl)cc1)C(=O)Nc1ccc(Br)cc1Cl. The predicted molar refractivity (Wildman–Crippen MR) is 92.8 cm³/mol. The normalized spacial score (nSPS) is 10.9. The van der Waals surface area contributed by atoms with Gasteiger partial charge in [-0.15, -0.1) is 0 Å². The molecule has 1 amide bonds. The van der Waals surface area contributed by atoms with Gasteiger partial charge in [0.2, 0.25) is 0 Å². The quantitative estimate of drug-likeness (QED) is 0.566. The number of anilines is 1. The van der Waals surface area contributed by atoms with Gasteiger partial charge in [-0.1, -0.05) is 51.3 Å². The van der Waals surface area contributed by atoms with E-state index in [1.54, 1.807) is 42.5 Å². The Balaban J connectivity index is 2.22. The number of nitriles is 1. The smallest absolute Gasteiger partial charge is 0.266 e. The van der Waals surface area contributed by atoms with E-state index in [0.717, 1.165) is 4.47 Å². The Kier molecular flexibility index (Phi) is 5.62. The van der Waals surface area contributed by atoms with Gasteiger partial charge in [0.1, 0.15) is 11.6 Å². The lowest BCUT2D eigenvalue weighted by atomic mass is 10.1. The zero-order valence-corrected chi connectivity index (χ0v) is 14.2. The maximum Gasteiger partial charge on any atom is 0.266 e. The molecule has 110 valence electrons. The second kappa shape index (κ2) is 7.46. The van der Waals surface area contributed by atoms with Crippen molar-refractivity contribution >= 4 is 56.8 Å². The van der Waals surface area contributed by atoms with Crippen LogP contribution < -0.4 is 5.32 Å². The fourth-order valence-corrected chi connectivity index (χ4v) is 2.50. The highest BCUT2D eigenvalue weighted by Crippen LogP contribution is 2.26. The van der Waals surface area contributed by atoms with Crippen LogP contribution in [-0.4, -0.2) is 5.91 Å². The van der Waals surface area contributed by atoms with Crippen LogP contribution in [0.15, 0.2) is 52.5 Å². The van der Waals surface area contributed by atoms with Crippen LogP contribution in [0, 0.1) is 11.3 Å². The summed E-state index contributed by atoms with van der Waals surface area (Å²) in [6.07, 6.45) is 1.48. The van der Waals surface area contributed by atoms with Crippen LogP contribution in [0.5, 0.6) is 0 Å². The number of hydrogen-bond acceptors (Lipinski definition) is 2. The third kappa shape index (κ3) is 4.35. The summed E-state index contributed by atoms with van der Waals surface area (Å²) in [5, 5.41) is 12.7. The average Bonchev–Trinajstić information content (AvgIpc) is 2.49. The molecule has 0 spiro atoms. The molecule has 0 unspecified atom stereocenters. The molecule has 0 saturated carbocycles. The number of nitrogens with one attached hydrogen (secondary N) is 1. The molecule has 2 aromatic carbocycles. The number of rotatable bonds is 3. The Bertz CT molecular complexity index is 780. The first kappa shape index (κ1) is 16.6. The average molecular weight is 396 g/mol. The Labute approximate surface area is 146 Å². The molecule has 0 bridgehead atoms. The number of amides is 1. The van der Waals surface area contributed by atoms with Crippen molar-refractivity contribution in [1.29, 1.82) is 5.26 Å². The van der Waals surface area contributed by atoms with Crippen molar-refractivity contribution < 1.29 is 4.79 Å². The summed E-state index contributed by atoms with van der Waals surface area (Å²) in [4.78, 5) is 12.2. The Morgan fingerprint density at radius 3 is 2.45 bits per heavy atom. The van der Waals surface area contributed by atoms with Crippen LogP contribution in [-0.2, 0) is 4.79 Å². The van der Waals surface area contributed by atoms with Crippen LogP contribution >= 0.6 is 39.1 Å². The molecule has 2 aromatic rings. The molecule has 0 aromatic heterocycles. The van der Waals surface area contributed by atoms with Gasteiger partial charge >= 0.3 is 0 Å². The first-order valence-electron chi connectivity index (χ1n) is 6.13. The van der Waals surface area contributed by atoms with Gasteiger partial charge in [-0.3, -0.25) is 4.79 Å². The van der Waals surface area contributed by atoms with Crippen LogP contribution in [0.2, 0.25) is 10.0 Å². The van der Waals surface area contributed by atoms with E-state index in [2.05, 4.69) is 21.2 Å². The molecular formula is C16H9BrCl2N2O. The predicted octanol–water partition coefficient (Wildman–Crippen LogP) is 5.30. The summed E-state index contributed by atoms with van der Waals surface area (Å²) in [6, 6.07) is 13.8. The van der Waals surface area contributed by atoms with Gasteiger partial charge in [-0.25, -0.2) is 0 Å². The summed E-state index contributed by atoms with van der Waals surface area (Å²) >= 11 is 15.1. The zero-order valence-electron chi connectivity index (χ0n) is 11.1. The number of nitrogens with zero attached hydrogens (tertiary/aromatic N) is 1. The van der Waals surface area contributed by atoms with Gasteiger partial charge in [0.15, 0.2) is 0 Å². The second-order valence-electron chi connectivity index (χ2n) is 4.30. The van der Waals surface area contributed by atoms with Crippen LogP contribution in [0.1, 0.15) is 5.56 Å². The third-order valence-corrected chi connectivity index (χ3v) is 3.78. The fourth-order valence-electron chi connectivity index (χ4n) is 1.65. The largest absolute Gasteiger partial charge is 0.320 e. The van der Waals surface area contributed by atoms with Gasteiger partial charge in [-0.2, -0.15) is 5.26 Å². The Morgan fingerprint density at radius 1 is 1.18 bits per heavy atom. The number of carbonyl (C=O) groups excluding carboxylic acids is 1. The van der Waals surface area contributed by atoms with E-state index in [-0.39, 0.29) is 5.57 Å². The lowest BCUT2D eigenvalue weighted by Crippen LogP contribution is -2.13. The topological polar surface area (TPSA) is 52.9 Å². The molecule has 22 heavy (non-hydrogen) atoms. The molecule has 0 aliphatic rings. The van der Waals surface area contributed by atoms with E-state index in [0.29, 0.717) is 21.3 Å². The third-order valence-electron chi connectivity index (χ3n) is 2.73. The summed E-state index contributed by atoms with van der Waals surface area (Å²) in [7, 11) is 0. The minimum Gasteiger partial charge on any atom is -0.320 e. The van der Waals surface area contributed by atoms with Crippen molar-refractivity contribution in [1.82, 2.24) is 0 Å². The van der Waals surface area contributed by atoms with Gasteiger partial charge in [0.05, 0.1) is 10.7 Å². The summed E-state index contributed by atoms with van der Waals surface area (Å²) in [5.41, 5.74) is 1.12. The molecule has 3 nitrogen and oxygen atoms in total. The number of carbonyl (C=O) groups is 1. The van der Waals surface area contributed by atoms with E-state index in [1.165, 1.54) is 6.08 Å². The van der Waals surface area contributed by atoms with Crippen molar-refractivity contribution in [3.63, 3.8) is 0 Å². The fraction of sp³-hybridized carbons (Fsp3) is 0. The van der Waals surface area contributed by atoms with Gasteiger partial charge < -0.3 is 5.32 Å². The van der Waals surface area contributed by atoms with E-state index in [9.17, 15) is 4.79 Å². The van der Waals surface area contributed by atoms with Gasteiger partial charge in [-0.05, 0) is 42.0 Å². The minimum atomic E-state index is -0.526. The minimum absolute atomic E-state index is 0.0266. The zero-order chi connectivity index (χ0) is 16.1. The van der Waals surface area contributed by atoms with Crippen molar-refractivity contribution in [2.24, 2.45) is 0 Å². The Morgan fingerprint density at radius 2 is 1.86 bits per heavy atom. The standard InChI is InChI=1S/C16H9BrCl2N2O/c17-12-3-6-15(14(19)8-12)21-16(22)11(9-20)7-10-1-4-13(18)5-2-10/h1-8H,(H,21,22)/b11-7+. The molecule has 0 aliphatic carbocycles. The first-order valence-corrected chi connectivity index (χ1v) is 7.68. The molecule has 2 rings (SSSR count). The van der Waals surface area contributed by atoms with E-state index in [4.69, 9.17) is 28.5 Å². The Hall–Kier alpha value is -1.80. The first-order chi connectivity index (χ1) is 10.5.